The van der Waals surface area contributed by atoms with Crippen molar-refractivity contribution in [1.29, 1.82) is 0 Å². The number of amides is 2. The SMILES string of the molecule is CCC(C)N(CC)OC(=O)[C@@H](CCNC(=O)OCc1ccccc1)N(OCCOCCN1CCN(C(=O)CCCCCN2/C(=C/C=C/C=C/C3=[N+](CC)c4ccc5c(S(=O)(=O)O)cc(S(=O)(=O)O)cc5c4C3(C)C)C(C)(C)c3c2ccc2c(S(=O)(=O)O)cc(S(=O)(=O)O)cc32)CC1)S(=O)(=O)c1ccc(-c2ccc(OC)cc2)cc1. The lowest BCUT2D eigenvalue weighted by molar-refractivity contribution is -0.433. The zero-order chi connectivity index (χ0) is 82.9. The van der Waals surface area contributed by atoms with E-state index >= 15 is 0 Å². The fourth-order valence-corrected chi connectivity index (χ4v) is 18.9. The fraction of sp³-hybridized carbons (Fsp3) is 0.400. The summed E-state index contributed by atoms with van der Waals surface area (Å²) in [7, 11) is -23.0. The Morgan fingerprint density at radius 1 is 0.632 bits per heavy atom. The van der Waals surface area contributed by atoms with Gasteiger partial charge in [0, 0.05) is 110 Å². The summed E-state index contributed by atoms with van der Waals surface area (Å²) in [6.45, 7) is 18.0. The minimum atomic E-state index is -5.04. The Labute approximate surface area is 666 Å². The molecule has 0 spiro atoms. The normalized spacial score (nSPS) is 16.4. The van der Waals surface area contributed by atoms with Crippen molar-refractivity contribution in [3.05, 3.63) is 180 Å². The van der Waals surface area contributed by atoms with Gasteiger partial charge >= 0.3 is 12.1 Å². The monoisotopic (exact) mass is 1670 g/mol. The molecule has 29 nitrogen and oxygen atoms in total. The Balaban J connectivity index is 0.781. The molecule has 7 aromatic carbocycles. The maximum atomic E-state index is 14.9. The number of nitrogens with one attached hydrogen (secondary N) is 1. The van der Waals surface area contributed by atoms with Gasteiger partial charge in [-0.2, -0.15) is 38.2 Å². The number of allylic oxidation sites excluding steroid dienone is 6. The number of methoxy groups -OCH3 is 1. The standard InChI is InChI=1S/C80H97N7O22S5/c1-10-55(4)86(12-3)109-77(89)69(39-40-81-78(90)107-54-56-22-16-13-17-23-56)87(110(91,92)60-33-29-58(30-34-60)57-27-31-59(105-9)32-28-57)108-49-48-106-47-46-82-42-44-83(45-43-82)74(88)26-20-15-21-41-85-68-38-36-64-66(51-62(112(96,97)98)53-71(64)114(102,103)104)76(68)80(7,8)73(85)25-19-14-18-24-72-79(5,6)75-65-50-61(111(93,94)95)52-70(113(99,100)101)63(65)35-37-67(75)84(72)11-2/h13-14,16-19,22-25,27-38,50-53,55,69H,10-12,15,20-21,26,39-49,54H2,1-9H3,(H4-,81,90,93,94,95,96,97,98,99,100,101,102,103,104)/p+1/t55?,69-/m1/s1. The fourth-order valence-electron chi connectivity index (χ4n) is 14.8. The molecule has 0 aliphatic carbocycles. The zero-order valence-corrected chi connectivity index (χ0v) is 69.0. The molecule has 0 bridgehead atoms. The number of piperazine rings is 1. The molecule has 3 aliphatic rings. The van der Waals surface area contributed by atoms with Crippen LogP contribution >= 0.6 is 0 Å². The first-order valence-corrected chi connectivity index (χ1v) is 44.6. The molecule has 1 unspecified atom stereocenters. The van der Waals surface area contributed by atoms with Gasteiger partial charge in [-0.05, 0) is 160 Å². The molecule has 7 aromatic rings. The van der Waals surface area contributed by atoms with Crippen LogP contribution in [0.5, 0.6) is 5.75 Å². The Bertz CT molecular complexity index is 5460. The number of ether oxygens (including phenoxy) is 3. The van der Waals surface area contributed by atoms with Gasteiger partial charge < -0.3 is 34.2 Å². The van der Waals surface area contributed by atoms with Gasteiger partial charge in [0.05, 0.1) is 47.0 Å². The van der Waals surface area contributed by atoms with Crippen LogP contribution in [-0.2, 0) is 96.7 Å². The molecule has 10 rings (SSSR count). The summed E-state index contributed by atoms with van der Waals surface area (Å²) in [5.41, 5.74) is 4.05. The van der Waals surface area contributed by atoms with Crippen molar-refractivity contribution in [3.8, 4) is 16.9 Å². The van der Waals surface area contributed by atoms with Crippen LogP contribution in [0.25, 0.3) is 32.7 Å². The summed E-state index contributed by atoms with van der Waals surface area (Å²) in [4.78, 5) is 56.1. The van der Waals surface area contributed by atoms with Crippen LogP contribution in [0.4, 0.5) is 16.2 Å². The van der Waals surface area contributed by atoms with E-state index in [4.69, 9.17) is 23.9 Å². The predicted molar refractivity (Wildman–Crippen MR) is 429 cm³/mol. The first-order valence-electron chi connectivity index (χ1n) is 37.4. The van der Waals surface area contributed by atoms with Gasteiger partial charge in [0.15, 0.2) is 11.8 Å². The van der Waals surface area contributed by atoms with E-state index in [1.165, 1.54) is 41.5 Å². The second-order valence-electron chi connectivity index (χ2n) is 28.9. The highest BCUT2D eigenvalue weighted by Gasteiger charge is 2.47. The van der Waals surface area contributed by atoms with Crippen LogP contribution in [0.2, 0.25) is 0 Å². The molecule has 2 atom stereocenters. The van der Waals surface area contributed by atoms with Crippen molar-refractivity contribution in [2.24, 2.45) is 0 Å². The number of fused-ring (bicyclic) bond motifs is 6. The molecular formula is C80H98N7O22S5+. The van der Waals surface area contributed by atoms with Crippen molar-refractivity contribution in [3.63, 3.8) is 0 Å². The van der Waals surface area contributed by atoms with E-state index in [-0.39, 0.29) is 90.7 Å². The Hall–Kier alpha value is -8.85. The van der Waals surface area contributed by atoms with Crippen molar-refractivity contribution in [1.82, 2.24) is 24.6 Å². The summed E-state index contributed by atoms with van der Waals surface area (Å²) in [5, 5.41) is 4.48. The van der Waals surface area contributed by atoms with Gasteiger partial charge in [-0.3, -0.25) is 32.7 Å². The lowest BCUT2D eigenvalue weighted by Crippen LogP contribution is -2.50. The number of hydrogen-bond donors (Lipinski definition) is 5. The number of benzene rings is 7. The first kappa shape index (κ1) is 87.5. The second kappa shape index (κ2) is 36.5. The van der Waals surface area contributed by atoms with E-state index < -0.39 is 99.0 Å². The highest BCUT2D eigenvalue weighted by Crippen LogP contribution is 2.52. The maximum Gasteiger partial charge on any atom is 0.407 e. The third kappa shape index (κ3) is 20.1. The Morgan fingerprint density at radius 2 is 1.24 bits per heavy atom. The van der Waals surface area contributed by atoms with Crippen LogP contribution in [0.3, 0.4) is 0 Å². The minimum absolute atomic E-state index is 0.0145. The van der Waals surface area contributed by atoms with Crippen LogP contribution in [0.1, 0.15) is 111 Å². The lowest BCUT2D eigenvalue weighted by Gasteiger charge is -2.34. The van der Waals surface area contributed by atoms with E-state index in [2.05, 4.69) is 10.2 Å². The number of sulfonamides is 1. The molecule has 5 N–H and O–H groups in total. The zero-order valence-electron chi connectivity index (χ0n) is 65.0. The van der Waals surface area contributed by atoms with Gasteiger partial charge in [0.2, 0.25) is 11.6 Å². The summed E-state index contributed by atoms with van der Waals surface area (Å²) in [6, 6.07) is 30.6. The number of unbranched alkanes of at least 4 members (excludes halogenated alkanes) is 2. The third-order valence-electron chi connectivity index (χ3n) is 20.8. The number of alkyl carbamates (subject to hydrolysis) is 1. The van der Waals surface area contributed by atoms with E-state index in [1.54, 1.807) is 92.9 Å². The summed E-state index contributed by atoms with van der Waals surface area (Å²) >= 11 is 0. The molecule has 3 aliphatic heterocycles. The van der Waals surface area contributed by atoms with Gasteiger partial charge in [0.1, 0.15) is 28.7 Å². The largest absolute Gasteiger partial charge is 0.497 e. The molecule has 2 amide bonds. The molecule has 0 aromatic heterocycles. The smallest absolute Gasteiger partial charge is 0.407 e. The van der Waals surface area contributed by atoms with Crippen LogP contribution in [-0.4, -0.2) is 206 Å². The van der Waals surface area contributed by atoms with E-state index in [0.717, 1.165) is 16.8 Å². The molecular weight excluding hydrogens is 1570 g/mol. The van der Waals surface area contributed by atoms with E-state index in [1.807, 2.05) is 93.2 Å². The summed E-state index contributed by atoms with van der Waals surface area (Å²) < 4.78 is 192. The van der Waals surface area contributed by atoms with Gasteiger partial charge in [-0.1, -0.05) is 111 Å². The molecule has 34 heteroatoms. The highest BCUT2D eigenvalue weighted by atomic mass is 32.2. The Morgan fingerprint density at radius 3 is 1.82 bits per heavy atom. The Kier molecular flexibility index (Phi) is 28.1. The van der Waals surface area contributed by atoms with Crippen LogP contribution < -0.4 is 15.0 Å². The number of nitrogens with zero attached hydrogens (tertiary/aromatic N) is 6. The number of anilines is 1. The summed E-state index contributed by atoms with van der Waals surface area (Å²) in [5.74, 6) is -0.328. The van der Waals surface area contributed by atoms with Gasteiger partial charge in [-0.25, -0.2) is 18.0 Å². The quantitative estimate of drug-likeness (QED) is 0.00800. The number of hydroxylamine groups is 3. The highest BCUT2D eigenvalue weighted by molar-refractivity contribution is 7.89. The van der Waals surface area contributed by atoms with Gasteiger partial charge in [0.25, 0.3) is 50.5 Å². The average Bonchev–Trinajstić information content (AvgIpc) is 1.53. The minimum Gasteiger partial charge on any atom is -0.497 e. The molecule has 0 radical (unpaired) electrons. The number of hydrogen-bond acceptors (Lipinski definition) is 21. The number of carbonyl (C=O) groups excluding carboxylic acids is 3. The topological polar surface area (TPSA) is 380 Å². The van der Waals surface area contributed by atoms with Crippen molar-refractivity contribution in [2.75, 3.05) is 90.7 Å². The second-order valence-corrected chi connectivity index (χ2v) is 36.3. The van der Waals surface area contributed by atoms with Crippen LogP contribution in [0, 0.1) is 0 Å². The molecule has 614 valence electrons. The van der Waals surface area contributed by atoms with Crippen LogP contribution in [0.15, 0.2) is 188 Å². The number of carbonyl (C=O) groups is 3. The van der Waals surface area contributed by atoms with E-state index in [0.29, 0.717) is 128 Å². The van der Waals surface area contributed by atoms with E-state index in [9.17, 15) is 74.7 Å². The first-order chi connectivity index (χ1) is 53.8. The van der Waals surface area contributed by atoms with Crippen molar-refractivity contribution < 1.29 is 103 Å². The maximum absolute atomic E-state index is 14.9. The molecule has 0 saturated carbocycles. The third-order valence-corrected chi connectivity index (χ3v) is 26.0. The average molecular weight is 1670 g/mol. The lowest BCUT2D eigenvalue weighted by atomic mass is 9.79. The van der Waals surface area contributed by atoms with Crippen molar-refractivity contribution in [2.45, 2.75) is 148 Å². The molecule has 1 saturated heterocycles. The molecule has 114 heavy (non-hydrogen) atoms. The molecule has 3 heterocycles. The predicted octanol–water partition coefficient (Wildman–Crippen LogP) is 11.5. The number of rotatable bonds is 36. The van der Waals surface area contributed by atoms with Gasteiger partial charge in [-0.15, -0.1) is 5.06 Å². The van der Waals surface area contributed by atoms with Crippen molar-refractivity contribution >= 4 is 107 Å². The molecule has 1 fully saturated rings. The summed E-state index contributed by atoms with van der Waals surface area (Å²) in [6.07, 6.45) is 10.5.